The third-order valence-corrected chi connectivity index (χ3v) is 6.61. The molecule has 0 saturated carbocycles. The minimum Gasteiger partial charge on any atom is -0.383 e. The molecule has 2 aliphatic rings. The number of methoxy groups -OCH3 is 2. The van der Waals surface area contributed by atoms with E-state index >= 15 is 0 Å². The van der Waals surface area contributed by atoms with E-state index in [-0.39, 0.29) is 0 Å². The van der Waals surface area contributed by atoms with Crippen molar-refractivity contribution in [3.8, 4) is 0 Å². The van der Waals surface area contributed by atoms with Crippen LogP contribution in [0, 0.1) is 6.92 Å². The van der Waals surface area contributed by atoms with Gasteiger partial charge in [0.1, 0.15) is 5.82 Å². The number of piperazine rings is 2. The maximum atomic E-state index is 5.29. The third-order valence-electron chi connectivity index (χ3n) is 6.61. The lowest BCUT2D eigenvalue weighted by Crippen LogP contribution is -2.55. The van der Waals surface area contributed by atoms with Crippen LogP contribution in [0.5, 0.6) is 0 Å². The summed E-state index contributed by atoms with van der Waals surface area (Å²) < 4.78 is 10.6. The lowest BCUT2D eigenvalue weighted by Gasteiger charge is -2.42. The molecule has 0 N–H and O–H groups in total. The Labute approximate surface area is 187 Å². The molecule has 0 unspecified atom stereocenters. The van der Waals surface area contributed by atoms with Crippen LogP contribution in [-0.4, -0.2) is 117 Å². The van der Waals surface area contributed by atoms with E-state index in [1.54, 1.807) is 14.2 Å². The van der Waals surface area contributed by atoms with Crippen molar-refractivity contribution in [1.29, 1.82) is 0 Å². The number of anilines is 2. The molecule has 1 aromatic rings. The van der Waals surface area contributed by atoms with Crippen LogP contribution in [0.25, 0.3) is 0 Å². The van der Waals surface area contributed by atoms with E-state index in [9.17, 15) is 0 Å². The zero-order valence-electron chi connectivity index (χ0n) is 20.1. The fourth-order valence-electron chi connectivity index (χ4n) is 4.67. The number of aromatic nitrogens is 3. The van der Waals surface area contributed by atoms with E-state index < -0.39 is 0 Å². The van der Waals surface area contributed by atoms with Crippen molar-refractivity contribution in [2.75, 3.05) is 89.6 Å². The van der Waals surface area contributed by atoms with Gasteiger partial charge in [-0.25, -0.2) is 0 Å². The number of hydrogen-bond acceptors (Lipinski definition) is 9. The van der Waals surface area contributed by atoms with Crippen LogP contribution in [-0.2, 0) is 9.47 Å². The van der Waals surface area contributed by atoms with Gasteiger partial charge in [-0.2, -0.15) is 15.0 Å². The largest absolute Gasteiger partial charge is 0.383 e. The van der Waals surface area contributed by atoms with Crippen LogP contribution in [0.2, 0.25) is 0 Å². The van der Waals surface area contributed by atoms with E-state index in [1.165, 1.54) is 0 Å². The van der Waals surface area contributed by atoms with Crippen molar-refractivity contribution in [2.45, 2.75) is 45.7 Å². The first-order chi connectivity index (χ1) is 15.1. The maximum Gasteiger partial charge on any atom is 0.230 e. The number of aryl methyl sites for hydroxylation is 1. The lowest BCUT2D eigenvalue weighted by atomic mass is 10.1. The molecular weight excluding hydrogens is 394 g/mol. The van der Waals surface area contributed by atoms with E-state index in [0.717, 1.165) is 96.1 Å². The Morgan fingerprint density at radius 3 is 1.58 bits per heavy atom. The van der Waals surface area contributed by atoms with Crippen molar-refractivity contribution in [3.63, 3.8) is 0 Å². The highest BCUT2D eigenvalue weighted by molar-refractivity contribution is 5.40. The highest BCUT2D eigenvalue weighted by Gasteiger charge is 2.30. The van der Waals surface area contributed by atoms with E-state index in [4.69, 9.17) is 24.4 Å². The lowest BCUT2D eigenvalue weighted by molar-refractivity contribution is 0.108. The maximum absolute atomic E-state index is 5.29. The molecule has 176 valence electrons. The van der Waals surface area contributed by atoms with Crippen LogP contribution in [0.1, 0.15) is 32.5 Å². The third kappa shape index (κ3) is 6.25. The molecular formula is C22H41N7O2. The van der Waals surface area contributed by atoms with Crippen LogP contribution in [0.15, 0.2) is 0 Å². The van der Waals surface area contributed by atoms with Gasteiger partial charge < -0.3 is 19.3 Å². The molecule has 2 fully saturated rings. The Morgan fingerprint density at radius 2 is 1.19 bits per heavy atom. The van der Waals surface area contributed by atoms with E-state index in [0.29, 0.717) is 12.1 Å². The second-order valence-electron chi connectivity index (χ2n) is 8.56. The van der Waals surface area contributed by atoms with Gasteiger partial charge in [-0.15, -0.1) is 0 Å². The summed E-state index contributed by atoms with van der Waals surface area (Å²) in [4.78, 5) is 24.1. The zero-order chi connectivity index (χ0) is 22.2. The Morgan fingerprint density at radius 1 is 0.742 bits per heavy atom. The minimum atomic E-state index is 0.498. The number of hydrogen-bond donors (Lipinski definition) is 0. The summed E-state index contributed by atoms with van der Waals surface area (Å²) in [6.45, 7) is 15.8. The zero-order valence-corrected chi connectivity index (χ0v) is 20.1. The summed E-state index contributed by atoms with van der Waals surface area (Å²) in [5.41, 5.74) is 0. The van der Waals surface area contributed by atoms with Gasteiger partial charge in [0.05, 0.1) is 13.2 Å². The molecule has 0 aromatic carbocycles. The van der Waals surface area contributed by atoms with Crippen LogP contribution < -0.4 is 9.80 Å². The van der Waals surface area contributed by atoms with Crippen molar-refractivity contribution < 1.29 is 9.47 Å². The SMILES string of the molecule is CC[C@@H]1CN(c2nc(C)nc(N3CCN(CCOC)[C@H](CC)C3)n2)CCN1CCOC. The predicted octanol–water partition coefficient (Wildman–Crippen LogP) is 1.27. The summed E-state index contributed by atoms with van der Waals surface area (Å²) in [5, 5.41) is 0. The second-order valence-corrected chi connectivity index (χ2v) is 8.56. The molecule has 0 bridgehead atoms. The van der Waals surface area contributed by atoms with Gasteiger partial charge in [-0.3, -0.25) is 9.80 Å². The number of rotatable bonds is 10. The van der Waals surface area contributed by atoms with E-state index in [2.05, 4.69) is 33.4 Å². The molecule has 2 aliphatic heterocycles. The Bertz CT molecular complexity index is 625. The van der Waals surface area contributed by atoms with E-state index in [1.807, 2.05) is 6.92 Å². The van der Waals surface area contributed by atoms with Gasteiger partial charge in [0.2, 0.25) is 11.9 Å². The standard InChI is InChI=1S/C22H41N7O2/c1-6-19-16-28(10-8-26(19)12-14-30-4)21-23-18(3)24-22(25-21)29-11-9-27(13-15-31-5)20(7-2)17-29/h19-20H,6-17H2,1-5H3/t19-,20-/m1/s1. The first-order valence-electron chi connectivity index (χ1n) is 11.8. The highest BCUT2D eigenvalue weighted by atomic mass is 16.5. The molecule has 2 saturated heterocycles. The van der Waals surface area contributed by atoms with Crippen LogP contribution in [0.3, 0.4) is 0 Å². The first kappa shape index (κ1) is 24.1. The Hall–Kier alpha value is -1.55. The molecule has 3 heterocycles. The van der Waals surface area contributed by atoms with Gasteiger partial charge in [0.25, 0.3) is 0 Å². The molecule has 1 aromatic heterocycles. The number of ether oxygens (including phenoxy) is 2. The summed E-state index contributed by atoms with van der Waals surface area (Å²) >= 11 is 0. The average molecular weight is 436 g/mol. The topological polar surface area (TPSA) is 70.1 Å². The molecule has 9 nitrogen and oxygen atoms in total. The molecule has 3 rings (SSSR count). The van der Waals surface area contributed by atoms with Crippen molar-refractivity contribution in [2.24, 2.45) is 0 Å². The molecule has 0 amide bonds. The monoisotopic (exact) mass is 435 g/mol. The average Bonchev–Trinajstić information content (AvgIpc) is 2.80. The smallest absolute Gasteiger partial charge is 0.230 e. The Balaban J connectivity index is 1.69. The van der Waals surface area contributed by atoms with Gasteiger partial charge in [0, 0.05) is 78.7 Å². The summed E-state index contributed by atoms with van der Waals surface area (Å²) in [7, 11) is 3.54. The second kappa shape index (κ2) is 11.9. The number of nitrogens with zero attached hydrogens (tertiary/aromatic N) is 7. The molecule has 0 aliphatic carbocycles. The molecule has 2 atom stereocenters. The van der Waals surface area contributed by atoms with Crippen LogP contribution in [0.4, 0.5) is 11.9 Å². The van der Waals surface area contributed by atoms with Crippen LogP contribution >= 0.6 is 0 Å². The summed E-state index contributed by atoms with van der Waals surface area (Å²) in [5.74, 6) is 2.44. The quantitative estimate of drug-likeness (QED) is 0.540. The molecule has 0 spiro atoms. The normalized spacial score (nSPS) is 23.5. The fraction of sp³-hybridized carbons (Fsp3) is 0.864. The van der Waals surface area contributed by atoms with Gasteiger partial charge in [0.15, 0.2) is 0 Å². The summed E-state index contributed by atoms with van der Waals surface area (Å²) in [6, 6.07) is 0.997. The molecule has 9 heteroatoms. The summed E-state index contributed by atoms with van der Waals surface area (Å²) in [6.07, 6.45) is 2.22. The van der Waals surface area contributed by atoms with Gasteiger partial charge >= 0.3 is 0 Å². The van der Waals surface area contributed by atoms with Crippen molar-refractivity contribution in [1.82, 2.24) is 24.8 Å². The van der Waals surface area contributed by atoms with Crippen molar-refractivity contribution >= 4 is 11.9 Å². The van der Waals surface area contributed by atoms with Gasteiger partial charge in [-0.1, -0.05) is 13.8 Å². The van der Waals surface area contributed by atoms with Gasteiger partial charge in [-0.05, 0) is 19.8 Å². The minimum absolute atomic E-state index is 0.498. The molecule has 0 radical (unpaired) electrons. The Kier molecular flexibility index (Phi) is 9.25. The highest BCUT2D eigenvalue weighted by Crippen LogP contribution is 2.22. The fourth-order valence-corrected chi connectivity index (χ4v) is 4.67. The first-order valence-corrected chi connectivity index (χ1v) is 11.8. The molecule has 31 heavy (non-hydrogen) atoms. The van der Waals surface area contributed by atoms with Crippen molar-refractivity contribution in [3.05, 3.63) is 5.82 Å². The predicted molar refractivity (Wildman–Crippen MR) is 124 cm³/mol.